The first-order valence-electron chi connectivity index (χ1n) is 14.4. The van der Waals surface area contributed by atoms with E-state index in [4.69, 9.17) is 16.6 Å². The summed E-state index contributed by atoms with van der Waals surface area (Å²) in [6.07, 6.45) is 8.06. The second-order valence-electron chi connectivity index (χ2n) is 11.2. The molecule has 0 radical (unpaired) electrons. The number of fused-ring (bicyclic) bond motifs is 1. The molecule has 0 spiro atoms. The van der Waals surface area contributed by atoms with Gasteiger partial charge in [0.15, 0.2) is 0 Å². The van der Waals surface area contributed by atoms with Crippen LogP contribution >= 0.6 is 22.9 Å². The maximum Gasteiger partial charge on any atom is 0.261 e. The van der Waals surface area contributed by atoms with Gasteiger partial charge in [0, 0.05) is 54.4 Å². The Labute approximate surface area is 253 Å². The number of aromatic nitrogens is 4. The number of hydrogen-bond donors (Lipinski definition) is 2. The van der Waals surface area contributed by atoms with Gasteiger partial charge in [-0.25, -0.2) is 4.98 Å². The Balaban J connectivity index is 1.19. The average Bonchev–Trinajstić information content (AvgIpc) is 3.67. The Morgan fingerprint density at radius 1 is 1.05 bits per heavy atom. The minimum Gasteiger partial charge on any atom is -0.372 e. The van der Waals surface area contributed by atoms with E-state index >= 15 is 0 Å². The number of nitrogens with zero attached hydrogens (tertiary/aromatic N) is 5. The zero-order valence-electron chi connectivity index (χ0n) is 23.4. The van der Waals surface area contributed by atoms with Crippen molar-refractivity contribution in [3.63, 3.8) is 0 Å². The molecule has 8 nitrogen and oxygen atoms in total. The fourth-order valence-corrected chi connectivity index (χ4v) is 6.59. The van der Waals surface area contributed by atoms with Gasteiger partial charge in [-0.15, -0.1) is 0 Å². The molecule has 1 saturated carbocycles. The summed E-state index contributed by atoms with van der Waals surface area (Å²) >= 11 is 8.33. The van der Waals surface area contributed by atoms with Crippen LogP contribution in [-0.2, 0) is 6.54 Å². The number of halogens is 1. The Bertz CT molecular complexity index is 1780. The summed E-state index contributed by atoms with van der Waals surface area (Å²) in [7, 11) is 2.17. The van der Waals surface area contributed by atoms with E-state index in [0.717, 1.165) is 61.0 Å². The van der Waals surface area contributed by atoms with Gasteiger partial charge in [-0.05, 0) is 103 Å². The Morgan fingerprint density at radius 3 is 2.57 bits per heavy atom. The Kier molecular flexibility index (Phi) is 7.39. The van der Waals surface area contributed by atoms with Gasteiger partial charge in [0.1, 0.15) is 5.65 Å². The van der Waals surface area contributed by atoms with Crippen LogP contribution in [0.2, 0.25) is 5.02 Å². The third-order valence-corrected chi connectivity index (χ3v) is 9.27. The molecule has 0 bridgehead atoms. The molecule has 1 aliphatic heterocycles. The van der Waals surface area contributed by atoms with Gasteiger partial charge in [-0.1, -0.05) is 11.6 Å². The molecule has 4 aromatic heterocycles. The van der Waals surface area contributed by atoms with Crippen molar-refractivity contribution < 1.29 is 0 Å². The predicted octanol–water partition coefficient (Wildman–Crippen LogP) is 6.58. The van der Waals surface area contributed by atoms with Crippen molar-refractivity contribution >= 4 is 51.3 Å². The highest BCUT2D eigenvalue weighted by atomic mass is 35.5. The number of anilines is 3. The van der Waals surface area contributed by atoms with Gasteiger partial charge in [-0.3, -0.25) is 14.3 Å². The summed E-state index contributed by atoms with van der Waals surface area (Å²) < 4.78 is 1.77. The molecule has 5 aromatic rings. The van der Waals surface area contributed by atoms with E-state index in [1.807, 2.05) is 35.7 Å². The third kappa shape index (κ3) is 5.52. The van der Waals surface area contributed by atoms with Crippen molar-refractivity contribution in [3.05, 3.63) is 81.0 Å². The van der Waals surface area contributed by atoms with E-state index in [-0.39, 0.29) is 5.56 Å². The SMILES string of the molecule is CN(c1ccc(Nc2ncc3cc(-c4ncc(-c5ccsc5)cc4Cl)c(=O)n(CC4CC4)c3n2)cc1)C1CCNCC1. The lowest BCUT2D eigenvalue weighted by atomic mass is 10.0. The molecule has 10 heteroatoms. The number of thiophene rings is 1. The first kappa shape index (κ1) is 27.1. The molecule has 214 valence electrons. The molecule has 2 aliphatic rings. The lowest BCUT2D eigenvalue weighted by Crippen LogP contribution is -2.41. The van der Waals surface area contributed by atoms with E-state index in [1.54, 1.807) is 28.3 Å². The fourth-order valence-electron chi connectivity index (χ4n) is 5.65. The smallest absolute Gasteiger partial charge is 0.261 e. The minimum atomic E-state index is -0.137. The number of benzene rings is 1. The van der Waals surface area contributed by atoms with Gasteiger partial charge in [0.25, 0.3) is 5.56 Å². The van der Waals surface area contributed by atoms with Gasteiger partial charge in [0.05, 0.1) is 16.3 Å². The molecule has 0 atom stereocenters. The second kappa shape index (κ2) is 11.5. The molecule has 42 heavy (non-hydrogen) atoms. The third-order valence-electron chi connectivity index (χ3n) is 8.30. The lowest BCUT2D eigenvalue weighted by molar-refractivity contribution is 0.443. The zero-order chi connectivity index (χ0) is 28.6. The molecule has 0 amide bonds. The molecular weight excluding hydrogens is 566 g/mol. The van der Waals surface area contributed by atoms with Crippen molar-refractivity contribution in [1.82, 2.24) is 24.8 Å². The zero-order valence-corrected chi connectivity index (χ0v) is 25.0. The summed E-state index contributed by atoms with van der Waals surface area (Å²) in [6, 6.07) is 14.6. The van der Waals surface area contributed by atoms with Gasteiger partial charge < -0.3 is 15.5 Å². The fraction of sp³-hybridized carbons (Fsp3) is 0.312. The predicted molar refractivity (Wildman–Crippen MR) is 172 cm³/mol. The standard InChI is InChI=1S/C32H32ClN7OS/c1-39(26-8-11-34-12-9-26)25-6-4-24(5-7-25)37-32-36-17-23-14-27(31(41)40(30(23)38-32)18-20-2-3-20)29-28(33)15-22(16-35-29)21-10-13-42-19-21/h4-7,10,13-17,19-20,26,34H,2-3,8-9,11-12,18H2,1H3,(H,36,37,38). The van der Waals surface area contributed by atoms with Crippen LogP contribution in [0, 0.1) is 5.92 Å². The Hall–Kier alpha value is -3.79. The van der Waals surface area contributed by atoms with Crippen molar-refractivity contribution in [2.24, 2.45) is 5.92 Å². The average molecular weight is 598 g/mol. The maximum absolute atomic E-state index is 13.9. The van der Waals surface area contributed by atoms with E-state index in [0.29, 0.717) is 46.4 Å². The summed E-state index contributed by atoms with van der Waals surface area (Å²) in [4.78, 5) is 30.3. The first-order valence-corrected chi connectivity index (χ1v) is 15.8. The molecular formula is C32H32ClN7OS. The summed E-state index contributed by atoms with van der Waals surface area (Å²) in [6.45, 7) is 2.74. The molecule has 2 N–H and O–H groups in total. The summed E-state index contributed by atoms with van der Waals surface area (Å²) in [5, 5.41) is 12.1. The highest BCUT2D eigenvalue weighted by molar-refractivity contribution is 7.08. The van der Waals surface area contributed by atoms with Crippen LogP contribution in [0.5, 0.6) is 0 Å². The first-order chi connectivity index (χ1) is 20.5. The van der Waals surface area contributed by atoms with Crippen LogP contribution < -0.4 is 21.1 Å². The van der Waals surface area contributed by atoms with Gasteiger partial charge >= 0.3 is 0 Å². The van der Waals surface area contributed by atoms with Crippen LogP contribution in [0.25, 0.3) is 33.4 Å². The topological polar surface area (TPSA) is 88.0 Å². The van der Waals surface area contributed by atoms with Crippen LogP contribution in [-0.4, -0.2) is 45.7 Å². The van der Waals surface area contributed by atoms with Crippen molar-refractivity contribution in [1.29, 1.82) is 0 Å². The summed E-state index contributed by atoms with van der Waals surface area (Å²) in [5.41, 5.74) is 5.48. The largest absolute Gasteiger partial charge is 0.372 e. The normalized spacial score (nSPS) is 15.7. The van der Waals surface area contributed by atoms with E-state index in [2.05, 4.69) is 50.1 Å². The maximum atomic E-state index is 13.9. The lowest BCUT2D eigenvalue weighted by Gasteiger charge is -2.33. The van der Waals surface area contributed by atoms with Crippen molar-refractivity contribution in [2.75, 3.05) is 30.4 Å². The quantitative estimate of drug-likeness (QED) is 0.209. The molecule has 1 aromatic carbocycles. The molecule has 7 rings (SSSR count). The van der Waals surface area contributed by atoms with E-state index in [9.17, 15) is 4.79 Å². The van der Waals surface area contributed by atoms with Crippen LogP contribution in [0.3, 0.4) is 0 Å². The number of rotatable bonds is 8. The highest BCUT2D eigenvalue weighted by Gasteiger charge is 2.25. The van der Waals surface area contributed by atoms with Crippen molar-refractivity contribution in [2.45, 2.75) is 38.3 Å². The van der Waals surface area contributed by atoms with Crippen LogP contribution in [0.1, 0.15) is 25.7 Å². The van der Waals surface area contributed by atoms with Crippen LogP contribution in [0.15, 0.2) is 70.4 Å². The monoisotopic (exact) mass is 597 g/mol. The number of nitrogens with one attached hydrogen (secondary N) is 2. The van der Waals surface area contributed by atoms with Gasteiger partial charge in [0.2, 0.25) is 5.95 Å². The molecule has 1 saturated heterocycles. The van der Waals surface area contributed by atoms with E-state index in [1.165, 1.54) is 5.69 Å². The number of piperidine rings is 1. The number of hydrogen-bond acceptors (Lipinski definition) is 8. The molecule has 0 unspecified atom stereocenters. The summed E-state index contributed by atoms with van der Waals surface area (Å²) in [5.74, 6) is 0.927. The minimum absolute atomic E-state index is 0.137. The highest BCUT2D eigenvalue weighted by Crippen LogP contribution is 2.34. The molecule has 5 heterocycles. The number of pyridine rings is 2. The molecule has 2 fully saturated rings. The van der Waals surface area contributed by atoms with Gasteiger partial charge in [-0.2, -0.15) is 16.3 Å². The Morgan fingerprint density at radius 2 is 1.86 bits per heavy atom. The van der Waals surface area contributed by atoms with Crippen molar-refractivity contribution in [3.8, 4) is 22.4 Å². The van der Waals surface area contributed by atoms with Crippen LogP contribution in [0.4, 0.5) is 17.3 Å². The molecule has 1 aliphatic carbocycles. The van der Waals surface area contributed by atoms with E-state index < -0.39 is 0 Å². The second-order valence-corrected chi connectivity index (χ2v) is 12.4.